The Morgan fingerprint density at radius 1 is 1.22 bits per heavy atom. The summed E-state index contributed by atoms with van der Waals surface area (Å²) in [6, 6.07) is 11.6. The molecule has 0 bridgehead atoms. The van der Waals surface area contributed by atoms with E-state index in [0.29, 0.717) is 18.0 Å². The van der Waals surface area contributed by atoms with Crippen LogP contribution >= 0.6 is 0 Å². The maximum atomic E-state index is 12.6. The predicted octanol–water partition coefficient (Wildman–Crippen LogP) is 1.36. The van der Waals surface area contributed by atoms with Gasteiger partial charge in [0.2, 0.25) is 5.91 Å². The minimum atomic E-state index is -0.870. The van der Waals surface area contributed by atoms with Crippen LogP contribution in [0.25, 0.3) is 0 Å². The average molecular weight is 369 g/mol. The molecular formula is C19H19N3O5. The van der Waals surface area contributed by atoms with Crippen molar-refractivity contribution in [1.82, 2.24) is 10.9 Å². The predicted molar refractivity (Wildman–Crippen MR) is 97.2 cm³/mol. The molecule has 8 heteroatoms. The third-order valence-electron chi connectivity index (χ3n) is 4.02. The van der Waals surface area contributed by atoms with E-state index in [0.717, 1.165) is 4.90 Å². The number of carbonyl (C=O) groups is 3. The third kappa shape index (κ3) is 4.06. The van der Waals surface area contributed by atoms with Gasteiger partial charge in [0.15, 0.2) is 0 Å². The Hall–Kier alpha value is -3.39. The number of nitrogens with zero attached hydrogens (tertiary/aromatic N) is 1. The summed E-state index contributed by atoms with van der Waals surface area (Å²) in [5, 5.41) is 9.42. The van der Waals surface area contributed by atoms with Gasteiger partial charge in [-0.05, 0) is 49.4 Å². The van der Waals surface area contributed by atoms with E-state index in [1.54, 1.807) is 24.3 Å². The maximum absolute atomic E-state index is 12.6. The van der Waals surface area contributed by atoms with Crippen molar-refractivity contribution in [2.75, 3.05) is 11.5 Å². The van der Waals surface area contributed by atoms with Gasteiger partial charge in [0.05, 0.1) is 18.7 Å². The van der Waals surface area contributed by atoms with E-state index in [4.69, 9.17) is 4.74 Å². The fourth-order valence-electron chi connectivity index (χ4n) is 2.75. The number of hydrazine groups is 1. The van der Waals surface area contributed by atoms with Gasteiger partial charge in [-0.2, -0.15) is 0 Å². The van der Waals surface area contributed by atoms with Crippen LogP contribution in [-0.2, 0) is 9.59 Å². The van der Waals surface area contributed by atoms with Crippen LogP contribution in [0.2, 0.25) is 0 Å². The van der Waals surface area contributed by atoms with E-state index in [2.05, 4.69) is 10.9 Å². The molecule has 0 aromatic heterocycles. The van der Waals surface area contributed by atoms with Crippen molar-refractivity contribution in [3.05, 3.63) is 54.1 Å². The molecule has 1 saturated heterocycles. The number of amides is 3. The van der Waals surface area contributed by atoms with E-state index in [9.17, 15) is 19.5 Å². The molecule has 1 unspecified atom stereocenters. The number of ether oxygens (including phenoxy) is 1. The van der Waals surface area contributed by atoms with Gasteiger partial charge in [0, 0.05) is 5.56 Å². The molecule has 140 valence electrons. The van der Waals surface area contributed by atoms with E-state index >= 15 is 0 Å². The second-order valence-corrected chi connectivity index (χ2v) is 5.90. The molecule has 0 aliphatic carbocycles. The Kier molecular flexibility index (Phi) is 5.37. The van der Waals surface area contributed by atoms with E-state index in [1.807, 2.05) is 6.92 Å². The molecule has 2 aromatic rings. The van der Waals surface area contributed by atoms with E-state index in [-0.39, 0.29) is 23.6 Å². The summed E-state index contributed by atoms with van der Waals surface area (Å²) in [5.74, 6) is -0.746. The van der Waals surface area contributed by atoms with E-state index in [1.165, 1.54) is 24.3 Å². The lowest BCUT2D eigenvalue weighted by Gasteiger charge is -2.16. The number of phenols is 1. The normalized spacial score (nSPS) is 16.5. The fourth-order valence-corrected chi connectivity index (χ4v) is 2.75. The molecule has 1 aliphatic rings. The van der Waals surface area contributed by atoms with E-state index < -0.39 is 17.9 Å². The van der Waals surface area contributed by atoms with Gasteiger partial charge in [0.1, 0.15) is 17.5 Å². The molecule has 1 aliphatic heterocycles. The lowest BCUT2D eigenvalue weighted by molar-refractivity contribution is -0.121. The lowest BCUT2D eigenvalue weighted by atomic mass is 10.2. The molecule has 2 aromatic carbocycles. The molecule has 8 nitrogen and oxygen atoms in total. The quantitative estimate of drug-likeness (QED) is 0.524. The number of anilines is 1. The van der Waals surface area contributed by atoms with Crippen molar-refractivity contribution in [2.45, 2.75) is 19.4 Å². The summed E-state index contributed by atoms with van der Waals surface area (Å²) in [7, 11) is 0. The van der Waals surface area contributed by atoms with Crippen molar-refractivity contribution in [3.63, 3.8) is 0 Å². The Labute approximate surface area is 155 Å². The van der Waals surface area contributed by atoms with Gasteiger partial charge in [-0.3, -0.25) is 19.8 Å². The van der Waals surface area contributed by atoms with Crippen LogP contribution in [0.4, 0.5) is 5.69 Å². The van der Waals surface area contributed by atoms with Crippen molar-refractivity contribution in [1.29, 1.82) is 0 Å². The number of rotatable bonds is 6. The Morgan fingerprint density at radius 2 is 1.96 bits per heavy atom. The number of imide groups is 1. The summed E-state index contributed by atoms with van der Waals surface area (Å²) in [6.07, 6.45) is -0.0770. The molecule has 0 radical (unpaired) electrons. The van der Waals surface area contributed by atoms with Gasteiger partial charge >= 0.3 is 0 Å². The number of hydrogen-bond acceptors (Lipinski definition) is 6. The number of carbonyl (C=O) groups excluding carboxylic acids is 3. The monoisotopic (exact) mass is 369 g/mol. The topological polar surface area (TPSA) is 108 Å². The standard InChI is InChI=1S/C19H19N3O5/c1-2-27-15-8-6-13(7-9-15)22-17(24)11-16(19(22)26)20-21-18(25)12-4-3-5-14(23)10-12/h3-10,16,20,23H,2,11H2,1H3,(H,21,25). The molecular weight excluding hydrogens is 350 g/mol. The van der Waals surface area contributed by atoms with Crippen LogP contribution in [-0.4, -0.2) is 35.5 Å². The largest absolute Gasteiger partial charge is 0.508 e. The summed E-state index contributed by atoms with van der Waals surface area (Å²) in [4.78, 5) is 38.0. The number of aromatic hydroxyl groups is 1. The molecule has 1 atom stereocenters. The Balaban J connectivity index is 1.64. The van der Waals surface area contributed by atoms with Crippen molar-refractivity contribution in [3.8, 4) is 11.5 Å². The second kappa shape index (κ2) is 7.88. The highest BCUT2D eigenvalue weighted by molar-refractivity contribution is 6.22. The maximum Gasteiger partial charge on any atom is 0.265 e. The average Bonchev–Trinajstić information content (AvgIpc) is 2.94. The molecule has 3 rings (SSSR count). The van der Waals surface area contributed by atoms with Gasteiger partial charge < -0.3 is 9.84 Å². The van der Waals surface area contributed by atoms with Crippen LogP contribution in [0.15, 0.2) is 48.5 Å². The minimum Gasteiger partial charge on any atom is -0.508 e. The zero-order chi connectivity index (χ0) is 19.4. The highest BCUT2D eigenvalue weighted by Gasteiger charge is 2.39. The summed E-state index contributed by atoms with van der Waals surface area (Å²) >= 11 is 0. The zero-order valence-electron chi connectivity index (χ0n) is 14.6. The second-order valence-electron chi connectivity index (χ2n) is 5.90. The summed E-state index contributed by atoms with van der Waals surface area (Å²) < 4.78 is 5.35. The summed E-state index contributed by atoms with van der Waals surface area (Å²) in [5.41, 5.74) is 5.66. The first-order chi connectivity index (χ1) is 13.0. The summed E-state index contributed by atoms with van der Waals surface area (Å²) in [6.45, 7) is 2.38. The number of phenolic OH excluding ortho intramolecular Hbond substituents is 1. The highest BCUT2D eigenvalue weighted by Crippen LogP contribution is 2.25. The van der Waals surface area contributed by atoms with Crippen molar-refractivity contribution in [2.24, 2.45) is 0 Å². The molecule has 3 N–H and O–H groups in total. The molecule has 0 spiro atoms. The SMILES string of the molecule is CCOc1ccc(N2C(=O)CC(NNC(=O)c3cccc(O)c3)C2=O)cc1. The first-order valence-corrected chi connectivity index (χ1v) is 8.44. The van der Waals surface area contributed by atoms with Gasteiger partial charge in [-0.15, -0.1) is 0 Å². The first-order valence-electron chi connectivity index (χ1n) is 8.44. The Morgan fingerprint density at radius 3 is 2.63 bits per heavy atom. The van der Waals surface area contributed by atoms with Crippen LogP contribution in [0, 0.1) is 0 Å². The Bertz CT molecular complexity index is 866. The molecule has 1 heterocycles. The lowest BCUT2D eigenvalue weighted by Crippen LogP contribution is -2.48. The zero-order valence-corrected chi connectivity index (χ0v) is 14.6. The van der Waals surface area contributed by atoms with Crippen LogP contribution in [0.5, 0.6) is 11.5 Å². The smallest absolute Gasteiger partial charge is 0.265 e. The number of hydrogen-bond donors (Lipinski definition) is 3. The minimum absolute atomic E-state index is 0.0450. The molecule has 27 heavy (non-hydrogen) atoms. The number of nitrogens with one attached hydrogen (secondary N) is 2. The van der Waals surface area contributed by atoms with Crippen molar-refractivity contribution < 1.29 is 24.2 Å². The van der Waals surface area contributed by atoms with Crippen LogP contribution in [0.1, 0.15) is 23.7 Å². The third-order valence-corrected chi connectivity index (χ3v) is 4.02. The fraction of sp³-hybridized carbons (Fsp3) is 0.211. The van der Waals surface area contributed by atoms with Gasteiger partial charge in [0.25, 0.3) is 11.8 Å². The molecule has 0 saturated carbocycles. The van der Waals surface area contributed by atoms with Crippen LogP contribution in [0.3, 0.4) is 0 Å². The molecule has 3 amide bonds. The molecule has 1 fully saturated rings. The number of benzene rings is 2. The van der Waals surface area contributed by atoms with Crippen LogP contribution < -0.4 is 20.5 Å². The van der Waals surface area contributed by atoms with Gasteiger partial charge in [-0.25, -0.2) is 10.3 Å². The highest BCUT2D eigenvalue weighted by atomic mass is 16.5. The van der Waals surface area contributed by atoms with Gasteiger partial charge in [-0.1, -0.05) is 6.07 Å². The van der Waals surface area contributed by atoms with Crippen molar-refractivity contribution >= 4 is 23.4 Å². The first kappa shape index (κ1) is 18.4.